The Morgan fingerprint density at radius 2 is 1.95 bits per heavy atom. The number of rotatable bonds is 5. The van der Waals surface area contributed by atoms with Crippen molar-refractivity contribution in [3.63, 3.8) is 0 Å². The smallest absolute Gasteiger partial charge is 0.314 e. The quantitative estimate of drug-likeness (QED) is 0.828. The van der Waals surface area contributed by atoms with E-state index in [4.69, 9.17) is 4.74 Å². The Balaban J connectivity index is 2.38. The van der Waals surface area contributed by atoms with E-state index in [9.17, 15) is 9.90 Å². The lowest BCUT2D eigenvalue weighted by Crippen LogP contribution is -2.38. The van der Waals surface area contributed by atoms with Crippen LogP contribution in [0, 0.1) is 0 Å². The minimum Gasteiger partial charge on any atom is -0.489 e. The van der Waals surface area contributed by atoms with Crippen molar-refractivity contribution in [3.05, 3.63) is 42.0 Å². The van der Waals surface area contributed by atoms with Crippen molar-refractivity contribution in [2.24, 2.45) is 0 Å². The number of carboxylic acid groups (broad SMARTS) is 1. The predicted molar refractivity (Wildman–Crippen MR) is 79.1 cm³/mol. The van der Waals surface area contributed by atoms with Crippen LogP contribution in [0.1, 0.15) is 44.6 Å². The van der Waals surface area contributed by atoms with Gasteiger partial charge < -0.3 is 9.84 Å². The van der Waals surface area contributed by atoms with Gasteiger partial charge in [-0.15, -0.1) is 0 Å². The van der Waals surface area contributed by atoms with Crippen LogP contribution in [0.25, 0.3) is 0 Å². The normalized spacial score (nSPS) is 17.4. The molecule has 1 aromatic carbocycles. The number of hydrogen-bond donors (Lipinski definition) is 1. The summed E-state index contributed by atoms with van der Waals surface area (Å²) >= 11 is 0. The van der Waals surface area contributed by atoms with E-state index in [1.165, 1.54) is 0 Å². The first-order valence-electron chi connectivity index (χ1n) is 7.16. The van der Waals surface area contributed by atoms with E-state index in [-0.39, 0.29) is 0 Å². The number of benzene rings is 1. The summed E-state index contributed by atoms with van der Waals surface area (Å²) in [5.74, 6) is -0.0524. The van der Waals surface area contributed by atoms with Crippen molar-refractivity contribution >= 4 is 5.97 Å². The summed E-state index contributed by atoms with van der Waals surface area (Å²) in [5, 5.41) is 9.77. The number of carboxylic acids is 1. The maximum absolute atomic E-state index is 11.9. The van der Waals surface area contributed by atoms with E-state index in [2.05, 4.69) is 6.58 Å². The zero-order valence-corrected chi connectivity index (χ0v) is 12.0. The third kappa shape index (κ3) is 2.87. The van der Waals surface area contributed by atoms with Crippen molar-refractivity contribution < 1.29 is 14.6 Å². The molecule has 0 heterocycles. The molecule has 1 aromatic rings. The van der Waals surface area contributed by atoms with E-state index >= 15 is 0 Å². The number of ether oxygens (including phenoxy) is 1. The van der Waals surface area contributed by atoms with Crippen molar-refractivity contribution in [3.8, 4) is 5.75 Å². The molecule has 0 amide bonds. The monoisotopic (exact) mass is 274 g/mol. The van der Waals surface area contributed by atoms with E-state index in [1.54, 1.807) is 0 Å². The SMILES string of the molecule is C=C(C)COc1ccccc1C1(C(=O)O)CCCCC1. The molecule has 1 N–H and O–H groups in total. The molecule has 0 atom stereocenters. The minimum absolute atomic E-state index is 0.423. The Morgan fingerprint density at radius 3 is 2.55 bits per heavy atom. The topological polar surface area (TPSA) is 46.5 Å². The van der Waals surface area contributed by atoms with Crippen LogP contribution >= 0.6 is 0 Å². The van der Waals surface area contributed by atoms with Crippen molar-refractivity contribution in [2.75, 3.05) is 6.61 Å². The number of hydrogen-bond acceptors (Lipinski definition) is 2. The lowest BCUT2D eigenvalue weighted by atomic mass is 9.69. The van der Waals surface area contributed by atoms with Gasteiger partial charge in [0.25, 0.3) is 0 Å². The van der Waals surface area contributed by atoms with Crippen LogP contribution in [-0.4, -0.2) is 17.7 Å². The van der Waals surface area contributed by atoms with E-state index < -0.39 is 11.4 Å². The fourth-order valence-electron chi connectivity index (χ4n) is 2.94. The molecule has 0 radical (unpaired) electrons. The van der Waals surface area contributed by atoms with E-state index in [0.29, 0.717) is 25.2 Å². The summed E-state index contributed by atoms with van der Waals surface area (Å²) in [6.07, 6.45) is 4.41. The van der Waals surface area contributed by atoms with E-state index in [0.717, 1.165) is 30.4 Å². The van der Waals surface area contributed by atoms with Gasteiger partial charge in [-0.2, -0.15) is 0 Å². The van der Waals surface area contributed by atoms with Crippen LogP contribution in [0.5, 0.6) is 5.75 Å². The second-order valence-electron chi connectivity index (χ2n) is 5.69. The molecule has 108 valence electrons. The molecular formula is C17H22O3. The standard InChI is InChI=1S/C17H22O3/c1-13(2)12-20-15-9-5-4-8-14(15)17(16(18)19)10-6-3-7-11-17/h4-5,8-9H,1,3,6-7,10-12H2,2H3,(H,18,19). The zero-order chi connectivity index (χ0) is 14.6. The maximum atomic E-state index is 11.9. The predicted octanol–water partition coefficient (Wildman–Crippen LogP) is 3.93. The fraction of sp³-hybridized carbons (Fsp3) is 0.471. The lowest BCUT2D eigenvalue weighted by Gasteiger charge is -2.34. The highest BCUT2D eigenvalue weighted by Crippen LogP contribution is 2.43. The average Bonchev–Trinajstić information content (AvgIpc) is 2.46. The van der Waals surface area contributed by atoms with Crippen LogP contribution in [0.2, 0.25) is 0 Å². The van der Waals surface area contributed by atoms with Gasteiger partial charge in [-0.25, -0.2) is 0 Å². The number of carbonyl (C=O) groups is 1. The highest BCUT2D eigenvalue weighted by molar-refractivity contribution is 5.82. The Bertz CT molecular complexity index is 499. The second kappa shape index (κ2) is 6.12. The Labute approximate surface area is 120 Å². The first kappa shape index (κ1) is 14.6. The molecule has 20 heavy (non-hydrogen) atoms. The van der Waals surface area contributed by atoms with Gasteiger partial charge in [-0.3, -0.25) is 4.79 Å². The van der Waals surface area contributed by atoms with Crippen molar-refractivity contribution in [2.45, 2.75) is 44.4 Å². The van der Waals surface area contributed by atoms with Crippen LogP contribution in [0.3, 0.4) is 0 Å². The number of para-hydroxylation sites is 1. The molecule has 0 aromatic heterocycles. The first-order valence-corrected chi connectivity index (χ1v) is 7.16. The largest absolute Gasteiger partial charge is 0.489 e. The van der Waals surface area contributed by atoms with Crippen molar-refractivity contribution in [1.82, 2.24) is 0 Å². The molecule has 0 unspecified atom stereocenters. The van der Waals surface area contributed by atoms with Gasteiger partial charge in [-0.1, -0.05) is 44.0 Å². The Hall–Kier alpha value is -1.77. The van der Waals surface area contributed by atoms with Crippen LogP contribution < -0.4 is 4.74 Å². The average molecular weight is 274 g/mol. The lowest BCUT2D eigenvalue weighted by molar-refractivity contribution is -0.145. The molecule has 0 saturated heterocycles. The third-order valence-corrected chi connectivity index (χ3v) is 3.99. The molecule has 3 nitrogen and oxygen atoms in total. The van der Waals surface area contributed by atoms with Crippen LogP contribution in [-0.2, 0) is 10.2 Å². The minimum atomic E-state index is -0.788. The Morgan fingerprint density at radius 1 is 1.30 bits per heavy atom. The molecule has 2 rings (SSSR count). The molecule has 1 aliphatic carbocycles. The van der Waals surface area contributed by atoms with Gasteiger partial charge in [0, 0.05) is 5.56 Å². The van der Waals surface area contributed by atoms with Gasteiger partial charge in [-0.05, 0) is 31.4 Å². The fourth-order valence-corrected chi connectivity index (χ4v) is 2.94. The van der Waals surface area contributed by atoms with Crippen molar-refractivity contribution in [1.29, 1.82) is 0 Å². The van der Waals surface area contributed by atoms with Gasteiger partial charge in [0.05, 0.1) is 5.41 Å². The highest BCUT2D eigenvalue weighted by Gasteiger charge is 2.43. The Kier molecular flexibility index (Phi) is 4.48. The zero-order valence-electron chi connectivity index (χ0n) is 12.0. The summed E-state index contributed by atoms with van der Waals surface area (Å²) in [6, 6.07) is 7.53. The summed E-state index contributed by atoms with van der Waals surface area (Å²) in [4.78, 5) is 11.9. The van der Waals surface area contributed by atoms with Gasteiger partial charge >= 0.3 is 5.97 Å². The van der Waals surface area contributed by atoms with E-state index in [1.807, 2.05) is 31.2 Å². The van der Waals surface area contributed by atoms with Gasteiger partial charge in [0.15, 0.2) is 0 Å². The maximum Gasteiger partial charge on any atom is 0.314 e. The summed E-state index contributed by atoms with van der Waals surface area (Å²) in [5.41, 5.74) is 0.950. The molecule has 1 aliphatic rings. The summed E-state index contributed by atoms with van der Waals surface area (Å²) < 4.78 is 5.76. The molecule has 1 saturated carbocycles. The number of aliphatic carboxylic acids is 1. The van der Waals surface area contributed by atoms with Gasteiger partial charge in [0.2, 0.25) is 0 Å². The highest BCUT2D eigenvalue weighted by atomic mass is 16.5. The van der Waals surface area contributed by atoms with Gasteiger partial charge in [0.1, 0.15) is 12.4 Å². The molecule has 1 fully saturated rings. The molecule has 0 bridgehead atoms. The second-order valence-corrected chi connectivity index (χ2v) is 5.69. The first-order chi connectivity index (χ1) is 9.56. The van der Waals surface area contributed by atoms with Crippen LogP contribution in [0.4, 0.5) is 0 Å². The van der Waals surface area contributed by atoms with Crippen LogP contribution in [0.15, 0.2) is 36.4 Å². The summed E-state index contributed by atoms with van der Waals surface area (Å²) in [6.45, 7) is 6.15. The molecule has 0 spiro atoms. The summed E-state index contributed by atoms with van der Waals surface area (Å²) in [7, 11) is 0. The molecular weight excluding hydrogens is 252 g/mol. The third-order valence-electron chi connectivity index (χ3n) is 3.99. The molecule has 0 aliphatic heterocycles. The molecule has 3 heteroatoms.